The number of phenolic OH excluding ortho intramolecular Hbond substituents is 1. The third kappa shape index (κ3) is 3.06. The van der Waals surface area contributed by atoms with E-state index in [1.807, 2.05) is 12.1 Å². The van der Waals surface area contributed by atoms with E-state index in [2.05, 4.69) is 4.98 Å². The van der Waals surface area contributed by atoms with E-state index in [0.29, 0.717) is 16.7 Å². The van der Waals surface area contributed by atoms with E-state index < -0.39 is 5.82 Å². The van der Waals surface area contributed by atoms with Crippen molar-refractivity contribution in [2.75, 3.05) is 5.73 Å². The first kappa shape index (κ1) is 17.6. The highest BCUT2D eigenvalue weighted by atomic mass is 19.1. The van der Waals surface area contributed by atoms with Crippen LogP contribution in [0.2, 0.25) is 0 Å². The number of nitriles is 2. The lowest BCUT2D eigenvalue weighted by Crippen LogP contribution is -2.06. The number of pyridine rings is 1. The number of anilines is 1. The Morgan fingerprint density at radius 2 is 1.81 bits per heavy atom. The highest BCUT2D eigenvalue weighted by Crippen LogP contribution is 2.37. The molecule has 3 rings (SSSR count). The topological polar surface area (TPSA) is 131 Å². The number of rotatable bonds is 3. The van der Waals surface area contributed by atoms with Crippen molar-refractivity contribution in [2.45, 2.75) is 0 Å². The van der Waals surface area contributed by atoms with E-state index in [4.69, 9.17) is 16.4 Å². The fraction of sp³-hybridized carbons (Fsp3) is 0. The highest BCUT2D eigenvalue weighted by Gasteiger charge is 2.22. The lowest BCUT2D eigenvalue weighted by atomic mass is 9.92. The smallest absolute Gasteiger partial charge is 0.136 e. The Hall–Kier alpha value is -4.23. The van der Waals surface area contributed by atoms with Crippen molar-refractivity contribution in [3.8, 4) is 40.3 Å². The zero-order chi connectivity index (χ0) is 19.6. The summed E-state index contributed by atoms with van der Waals surface area (Å²) in [6, 6.07) is 13.9. The molecule has 0 aliphatic heterocycles. The van der Waals surface area contributed by atoms with Crippen LogP contribution >= 0.6 is 0 Å². The Morgan fingerprint density at radius 1 is 1.11 bits per heavy atom. The van der Waals surface area contributed by atoms with Crippen LogP contribution in [-0.4, -0.2) is 16.3 Å². The SMILES string of the molecule is N#Cc1ccc(-c2c(C#N)c(-c3ccc(O)cc3F)nc(N)c2C=N)cc1. The molecule has 0 spiro atoms. The number of nitrogens with one attached hydrogen (secondary N) is 1. The van der Waals surface area contributed by atoms with E-state index in [1.54, 1.807) is 24.3 Å². The number of aromatic hydroxyl groups is 1. The first-order chi connectivity index (χ1) is 13.0. The second-order valence-corrected chi connectivity index (χ2v) is 5.62. The van der Waals surface area contributed by atoms with Gasteiger partial charge >= 0.3 is 0 Å². The lowest BCUT2D eigenvalue weighted by Gasteiger charge is -2.15. The molecule has 1 aromatic heterocycles. The zero-order valence-electron chi connectivity index (χ0n) is 13.9. The molecule has 0 aliphatic carbocycles. The Morgan fingerprint density at radius 3 is 2.37 bits per heavy atom. The maximum atomic E-state index is 14.4. The second kappa shape index (κ2) is 6.95. The van der Waals surface area contributed by atoms with E-state index in [9.17, 15) is 14.8 Å². The van der Waals surface area contributed by atoms with Gasteiger partial charge in [-0.05, 0) is 29.8 Å². The lowest BCUT2D eigenvalue weighted by molar-refractivity contribution is 0.469. The van der Waals surface area contributed by atoms with Gasteiger partial charge in [0.25, 0.3) is 0 Å². The molecule has 0 radical (unpaired) electrons. The van der Waals surface area contributed by atoms with Gasteiger partial charge in [-0.2, -0.15) is 10.5 Å². The van der Waals surface area contributed by atoms with Gasteiger partial charge in [-0.25, -0.2) is 9.37 Å². The quantitative estimate of drug-likeness (QED) is 0.617. The van der Waals surface area contributed by atoms with Crippen molar-refractivity contribution >= 4 is 12.0 Å². The second-order valence-electron chi connectivity index (χ2n) is 5.62. The van der Waals surface area contributed by atoms with Crippen molar-refractivity contribution in [3.63, 3.8) is 0 Å². The molecular weight excluding hydrogens is 345 g/mol. The number of phenols is 1. The maximum Gasteiger partial charge on any atom is 0.136 e. The van der Waals surface area contributed by atoms with E-state index in [0.717, 1.165) is 12.3 Å². The molecule has 0 unspecified atom stereocenters. The predicted octanol–water partition coefficient (Wildman–Crippen LogP) is 3.58. The van der Waals surface area contributed by atoms with Gasteiger partial charge in [0.2, 0.25) is 0 Å². The number of nitrogens with zero attached hydrogens (tertiary/aromatic N) is 3. The van der Waals surface area contributed by atoms with Crippen LogP contribution in [0.25, 0.3) is 22.4 Å². The average molecular weight is 357 g/mol. The van der Waals surface area contributed by atoms with Crippen LogP contribution in [0.3, 0.4) is 0 Å². The zero-order valence-corrected chi connectivity index (χ0v) is 13.9. The molecule has 27 heavy (non-hydrogen) atoms. The Labute approximate surface area is 154 Å². The van der Waals surface area contributed by atoms with Crippen LogP contribution in [0, 0.1) is 33.9 Å². The van der Waals surface area contributed by atoms with E-state index >= 15 is 0 Å². The summed E-state index contributed by atoms with van der Waals surface area (Å²) in [7, 11) is 0. The Bertz CT molecular complexity index is 1140. The van der Waals surface area contributed by atoms with Crippen LogP contribution in [0.1, 0.15) is 16.7 Å². The molecule has 0 amide bonds. The van der Waals surface area contributed by atoms with Gasteiger partial charge in [-0.1, -0.05) is 12.1 Å². The molecule has 3 aromatic rings. The van der Waals surface area contributed by atoms with E-state index in [-0.39, 0.29) is 34.0 Å². The summed E-state index contributed by atoms with van der Waals surface area (Å²) < 4.78 is 14.4. The number of aromatic nitrogens is 1. The van der Waals surface area contributed by atoms with Gasteiger partial charge in [0.05, 0.1) is 22.9 Å². The fourth-order valence-electron chi connectivity index (χ4n) is 2.77. The standard InChI is InChI=1S/C20H12FN5O/c21-17-7-13(27)5-6-14(17)19-15(9-23)18(16(10-24)20(25)26-19)12-3-1-11(8-22)2-4-12/h1-7,10,24,27H,(H2,25,26). The van der Waals surface area contributed by atoms with Gasteiger partial charge in [-0.3, -0.25) is 0 Å². The molecule has 0 saturated carbocycles. The van der Waals surface area contributed by atoms with Crippen LogP contribution in [-0.2, 0) is 0 Å². The number of nitrogen functional groups attached to an aromatic ring is 1. The average Bonchev–Trinajstić information content (AvgIpc) is 2.67. The monoisotopic (exact) mass is 357 g/mol. The number of nitrogens with two attached hydrogens (primary N) is 1. The number of hydrogen-bond donors (Lipinski definition) is 3. The summed E-state index contributed by atoms with van der Waals surface area (Å²) in [6.45, 7) is 0. The largest absolute Gasteiger partial charge is 0.508 e. The molecule has 0 saturated heterocycles. The van der Waals surface area contributed by atoms with Crippen molar-refractivity contribution < 1.29 is 9.50 Å². The van der Waals surface area contributed by atoms with Crippen molar-refractivity contribution in [1.29, 1.82) is 15.9 Å². The predicted molar refractivity (Wildman–Crippen MR) is 98.5 cm³/mol. The molecule has 2 aromatic carbocycles. The Kier molecular flexibility index (Phi) is 4.52. The minimum absolute atomic E-state index is 0.00229. The summed E-state index contributed by atoms with van der Waals surface area (Å²) in [5, 5.41) is 35.8. The number of benzene rings is 2. The minimum atomic E-state index is -0.758. The van der Waals surface area contributed by atoms with E-state index in [1.165, 1.54) is 12.1 Å². The molecule has 130 valence electrons. The van der Waals surface area contributed by atoms with Crippen LogP contribution in [0.4, 0.5) is 10.2 Å². The van der Waals surface area contributed by atoms with Crippen LogP contribution in [0.15, 0.2) is 42.5 Å². The normalized spacial score (nSPS) is 10.0. The maximum absolute atomic E-state index is 14.4. The number of hydrogen-bond acceptors (Lipinski definition) is 6. The summed E-state index contributed by atoms with van der Waals surface area (Å²) in [5.41, 5.74) is 7.54. The van der Waals surface area contributed by atoms with Crippen molar-refractivity contribution in [3.05, 3.63) is 65.0 Å². The molecule has 0 fully saturated rings. The molecular formula is C20H12FN5O. The number of halogens is 1. The van der Waals surface area contributed by atoms with Gasteiger partial charge in [0.1, 0.15) is 23.5 Å². The van der Waals surface area contributed by atoms with Crippen LogP contribution < -0.4 is 5.73 Å². The molecule has 0 bridgehead atoms. The van der Waals surface area contributed by atoms with Crippen molar-refractivity contribution in [2.24, 2.45) is 0 Å². The molecule has 7 heteroatoms. The first-order valence-corrected chi connectivity index (χ1v) is 7.73. The molecule has 4 N–H and O–H groups in total. The molecule has 0 aliphatic rings. The summed E-state index contributed by atoms with van der Waals surface area (Å²) in [6.07, 6.45) is 0.980. The first-order valence-electron chi connectivity index (χ1n) is 7.73. The van der Waals surface area contributed by atoms with Crippen molar-refractivity contribution in [1.82, 2.24) is 4.98 Å². The Balaban J connectivity index is 2.38. The fourth-order valence-corrected chi connectivity index (χ4v) is 2.77. The van der Waals surface area contributed by atoms with Gasteiger partial charge in [0.15, 0.2) is 0 Å². The molecule has 0 atom stereocenters. The van der Waals surface area contributed by atoms with Gasteiger partial charge < -0.3 is 16.2 Å². The summed E-state index contributed by atoms with van der Waals surface area (Å²) in [5.74, 6) is -1.05. The molecule has 6 nitrogen and oxygen atoms in total. The molecule has 1 heterocycles. The summed E-state index contributed by atoms with van der Waals surface area (Å²) >= 11 is 0. The third-order valence-corrected chi connectivity index (χ3v) is 4.03. The van der Waals surface area contributed by atoms with Crippen LogP contribution in [0.5, 0.6) is 5.75 Å². The van der Waals surface area contributed by atoms with Gasteiger partial charge in [-0.15, -0.1) is 0 Å². The third-order valence-electron chi connectivity index (χ3n) is 4.03. The van der Waals surface area contributed by atoms with Gasteiger partial charge in [0, 0.05) is 29.0 Å². The highest BCUT2D eigenvalue weighted by molar-refractivity contribution is 5.98. The minimum Gasteiger partial charge on any atom is -0.508 e. The summed E-state index contributed by atoms with van der Waals surface area (Å²) in [4.78, 5) is 4.13.